The molecule has 1 aromatic carbocycles. The predicted octanol–water partition coefficient (Wildman–Crippen LogP) is 2.55. The Morgan fingerprint density at radius 2 is 1.86 bits per heavy atom. The molecule has 0 bridgehead atoms. The summed E-state index contributed by atoms with van der Waals surface area (Å²) in [5.41, 5.74) is 1.10. The zero-order valence-corrected chi connectivity index (χ0v) is 13.8. The first-order valence-electron chi connectivity index (χ1n) is 7.78. The summed E-state index contributed by atoms with van der Waals surface area (Å²) in [6.45, 7) is 0.981. The van der Waals surface area contributed by atoms with Crippen molar-refractivity contribution in [3.8, 4) is 0 Å². The van der Waals surface area contributed by atoms with E-state index in [0.717, 1.165) is 19.2 Å². The first-order chi connectivity index (χ1) is 10.4. The van der Waals surface area contributed by atoms with Gasteiger partial charge in [-0.1, -0.05) is 19.3 Å². The highest BCUT2D eigenvalue weighted by molar-refractivity contribution is 7.92. The van der Waals surface area contributed by atoms with Crippen LogP contribution >= 0.6 is 0 Å². The van der Waals surface area contributed by atoms with Crippen molar-refractivity contribution in [1.29, 1.82) is 0 Å². The van der Waals surface area contributed by atoms with Crippen molar-refractivity contribution in [3.63, 3.8) is 0 Å². The fourth-order valence-corrected chi connectivity index (χ4v) is 3.30. The van der Waals surface area contributed by atoms with Crippen molar-refractivity contribution in [2.24, 2.45) is 0 Å². The van der Waals surface area contributed by atoms with Crippen LogP contribution in [0.1, 0.15) is 48.9 Å². The summed E-state index contributed by atoms with van der Waals surface area (Å²) in [7, 11) is -3.29. The molecular weight excluding hydrogens is 300 g/mol. The second-order valence-electron chi connectivity index (χ2n) is 5.93. The first kappa shape index (κ1) is 17.0. The zero-order valence-electron chi connectivity index (χ0n) is 13.0. The minimum Gasteiger partial charge on any atom is -0.314 e. The second-order valence-corrected chi connectivity index (χ2v) is 7.68. The van der Waals surface area contributed by atoms with Crippen molar-refractivity contribution in [2.45, 2.75) is 44.6 Å². The lowest BCUT2D eigenvalue weighted by molar-refractivity contribution is 0.0966. The predicted molar refractivity (Wildman–Crippen MR) is 88.7 cm³/mol. The summed E-state index contributed by atoms with van der Waals surface area (Å²) in [6, 6.07) is 6.86. The maximum absolute atomic E-state index is 12.3. The van der Waals surface area contributed by atoms with Crippen molar-refractivity contribution in [2.75, 3.05) is 17.5 Å². The minimum atomic E-state index is -3.29. The standard InChI is InChI=1S/C16H24N2O3S/c1-22(20,21)18-14-9-7-13(8-10-14)16(19)12-15-6-4-2-3-5-11-17-15/h7-10,15,17-18H,2-6,11-12H2,1H3. The maximum Gasteiger partial charge on any atom is 0.229 e. The molecule has 5 nitrogen and oxygen atoms in total. The molecule has 1 atom stereocenters. The SMILES string of the molecule is CS(=O)(=O)Nc1ccc(C(=O)CC2CCCCCCN2)cc1. The Hall–Kier alpha value is -1.40. The topological polar surface area (TPSA) is 75.3 Å². The number of sulfonamides is 1. The lowest BCUT2D eigenvalue weighted by Crippen LogP contribution is -2.33. The second kappa shape index (κ2) is 7.74. The van der Waals surface area contributed by atoms with E-state index in [-0.39, 0.29) is 11.8 Å². The Bertz CT molecular complexity index is 588. The minimum absolute atomic E-state index is 0.101. The summed E-state index contributed by atoms with van der Waals surface area (Å²) in [6.07, 6.45) is 7.50. The van der Waals surface area contributed by atoms with E-state index in [1.807, 2.05) is 0 Å². The van der Waals surface area contributed by atoms with Crippen LogP contribution in [0.3, 0.4) is 0 Å². The Morgan fingerprint density at radius 1 is 1.18 bits per heavy atom. The molecular formula is C16H24N2O3S. The van der Waals surface area contributed by atoms with E-state index in [1.54, 1.807) is 24.3 Å². The van der Waals surface area contributed by atoms with Gasteiger partial charge in [-0.05, 0) is 43.7 Å². The van der Waals surface area contributed by atoms with E-state index in [1.165, 1.54) is 25.7 Å². The molecule has 2 rings (SSSR count). The molecule has 0 amide bonds. The highest BCUT2D eigenvalue weighted by Crippen LogP contribution is 2.16. The number of anilines is 1. The van der Waals surface area contributed by atoms with Gasteiger partial charge in [-0.2, -0.15) is 0 Å². The molecule has 0 radical (unpaired) electrons. The van der Waals surface area contributed by atoms with Gasteiger partial charge in [-0.15, -0.1) is 0 Å². The van der Waals surface area contributed by atoms with Gasteiger partial charge in [-0.25, -0.2) is 8.42 Å². The third-order valence-corrected chi connectivity index (χ3v) is 4.46. The van der Waals surface area contributed by atoms with Crippen LogP contribution in [0, 0.1) is 0 Å². The van der Waals surface area contributed by atoms with Gasteiger partial charge in [0.2, 0.25) is 10.0 Å². The van der Waals surface area contributed by atoms with Crippen LogP contribution in [0.4, 0.5) is 5.69 Å². The molecule has 0 aliphatic carbocycles. The number of carbonyl (C=O) groups excluding carboxylic acids is 1. The summed E-state index contributed by atoms with van der Waals surface area (Å²) >= 11 is 0. The van der Waals surface area contributed by atoms with E-state index in [2.05, 4.69) is 10.0 Å². The lowest BCUT2D eigenvalue weighted by Gasteiger charge is -2.20. The number of Topliss-reactive ketones (excluding diaryl/α,β-unsaturated/α-hetero) is 1. The van der Waals surface area contributed by atoms with Gasteiger partial charge in [0.05, 0.1) is 6.26 Å². The van der Waals surface area contributed by atoms with Crippen LogP contribution in [0.5, 0.6) is 0 Å². The maximum atomic E-state index is 12.3. The summed E-state index contributed by atoms with van der Waals surface area (Å²) in [5, 5.41) is 3.45. The fourth-order valence-electron chi connectivity index (χ4n) is 2.73. The molecule has 22 heavy (non-hydrogen) atoms. The van der Waals surface area contributed by atoms with E-state index in [0.29, 0.717) is 17.7 Å². The summed E-state index contributed by atoms with van der Waals surface area (Å²) < 4.78 is 24.7. The van der Waals surface area contributed by atoms with Crippen LogP contribution in [0.15, 0.2) is 24.3 Å². The van der Waals surface area contributed by atoms with Gasteiger partial charge in [0.15, 0.2) is 5.78 Å². The number of hydrogen-bond acceptors (Lipinski definition) is 4. The molecule has 1 aliphatic rings. The molecule has 1 fully saturated rings. The molecule has 1 saturated heterocycles. The zero-order chi connectivity index (χ0) is 16.0. The quantitative estimate of drug-likeness (QED) is 0.816. The number of carbonyl (C=O) groups is 1. The largest absolute Gasteiger partial charge is 0.314 e. The van der Waals surface area contributed by atoms with Gasteiger partial charge in [0.1, 0.15) is 0 Å². The molecule has 0 spiro atoms. The van der Waals surface area contributed by atoms with Crippen LogP contribution in [0.2, 0.25) is 0 Å². The third kappa shape index (κ3) is 5.77. The molecule has 1 heterocycles. The van der Waals surface area contributed by atoms with Crippen molar-refractivity contribution in [1.82, 2.24) is 5.32 Å². The summed E-state index contributed by atoms with van der Waals surface area (Å²) in [5.74, 6) is 0.101. The normalized spacial score (nSPS) is 20.0. The average Bonchev–Trinajstić information content (AvgIpc) is 2.40. The number of ketones is 1. The van der Waals surface area contributed by atoms with E-state index in [9.17, 15) is 13.2 Å². The molecule has 2 N–H and O–H groups in total. The van der Waals surface area contributed by atoms with Crippen molar-refractivity contribution in [3.05, 3.63) is 29.8 Å². The molecule has 6 heteroatoms. The average molecular weight is 324 g/mol. The van der Waals surface area contributed by atoms with Gasteiger partial charge in [0.25, 0.3) is 0 Å². The molecule has 122 valence electrons. The molecule has 0 aromatic heterocycles. The molecule has 1 aromatic rings. The van der Waals surface area contributed by atoms with E-state index in [4.69, 9.17) is 0 Å². The molecule has 0 saturated carbocycles. The smallest absolute Gasteiger partial charge is 0.229 e. The summed E-state index contributed by atoms with van der Waals surface area (Å²) in [4.78, 5) is 12.3. The highest BCUT2D eigenvalue weighted by Gasteiger charge is 2.16. The molecule has 1 aliphatic heterocycles. The van der Waals surface area contributed by atoms with Crippen molar-refractivity contribution < 1.29 is 13.2 Å². The van der Waals surface area contributed by atoms with E-state index >= 15 is 0 Å². The Balaban J connectivity index is 1.94. The number of hydrogen-bond donors (Lipinski definition) is 2. The Morgan fingerprint density at radius 3 is 2.55 bits per heavy atom. The van der Waals surface area contributed by atoms with Crippen molar-refractivity contribution >= 4 is 21.5 Å². The third-order valence-electron chi connectivity index (χ3n) is 3.85. The fraction of sp³-hybridized carbons (Fsp3) is 0.562. The van der Waals surface area contributed by atoms with Crippen LogP contribution < -0.4 is 10.0 Å². The van der Waals surface area contributed by atoms with Gasteiger partial charge in [0, 0.05) is 23.7 Å². The Labute approximate surface area is 132 Å². The number of benzene rings is 1. The Kier molecular flexibility index (Phi) is 5.97. The van der Waals surface area contributed by atoms with Crippen LogP contribution in [0.25, 0.3) is 0 Å². The van der Waals surface area contributed by atoms with Gasteiger partial charge in [-0.3, -0.25) is 9.52 Å². The highest BCUT2D eigenvalue weighted by atomic mass is 32.2. The monoisotopic (exact) mass is 324 g/mol. The first-order valence-corrected chi connectivity index (χ1v) is 9.67. The molecule has 1 unspecified atom stereocenters. The number of nitrogens with one attached hydrogen (secondary N) is 2. The van der Waals surface area contributed by atoms with E-state index < -0.39 is 10.0 Å². The van der Waals surface area contributed by atoms with Gasteiger partial charge >= 0.3 is 0 Å². The number of rotatable bonds is 5. The van der Waals surface area contributed by atoms with Crippen LogP contribution in [-0.4, -0.2) is 33.0 Å². The lowest BCUT2D eigenvalue weighted by atomic mass is 9.97. The van der Waals surface area contributed by atoms with Crippen LogP contribution in [-0.2, 0) is 10.0 Å². The van der Waals surface area contributed by atoms with Gasteiger partial charge < -0.3 is 5.32 Å².